The van der Waals surface area contributed by atoms with Crippen molar-refractivity contribution in [3.05, 3.63) is 54.3 Å². The van der Waals surface area contributed by atoms with E-state index >= 15 is 0 Å². The lowest BCUT2D eigenvalue weighted by atomic mass is 10.1. The van der Waals surface area contributed by atoms with Crippen LogP contribution in [0.15, 0.2) is 48.5 Å². The van der Waals surface area contributed by atoms with Crippen LogP contribution in [-0.2, 0) is 4.79 Å². The van der Waals surface area contributed by atoms with Gasteiger partial charge in [0.25, 0.3) is 0 Å². The summed E-state index contributed by atoms with van der Waals surface area (Å²) in [6, 6.07) is 13.6. The van der Waals surface area contributed by atoms with Gasteiger partial charge in [0.2, 0.25) is 0 Å². The lowest BCUT2D eigenvalue weighted by Gasteiger charge is -2.04. The number of carbonyl (C=O) groups is 1. The van der Waals surface area contributed by atoms with Gasteiger partial charge >= 0.3 is 5.97 Å². The summed E-state index contributed by atoms with van der Waals surface area (Å²) >= 11 is 0. The zero-order valence-electron chi connectivity index (χ0n) is 10.8. The van der Waals surface area contributed by atoms with Gasteiger partial charge in [-0.05, 0) is 36.4 Å². The third-order valence-corrected chi connectivity index (χ3v) is 3.04. The summed E-state index contributed by atoms with van der Waals surface area (Å²) in [6.07, 6.45) is 0. The number of hydrogen-bond acceptors (Lipinski definition) is 2. The van der Waals surface area contributed by atoms with Gasteiger partial charge in [0.1, 0.15) is 5.82 Å². The number of esters is 1. The molecule has 0 aliphatic carbocycles. The summed E-state index contributed by atoms with van der Waals surface area (Å²) in [7, 11) is 0. The van der Waals surface area contributed by atoms with E-state index in [1.807, 2.05) is 24.3 Å². The van der Waals surface area contributed by atoms with Gasteiger partial charge in [-0.25, -0.2) is 4.39 Å². The van der Waals surface area contributed by atoms with Gasteiger partial charge in [0.05, 0.1) is 5.69 Å². The van der Waals surface area contributed by atoms with E-state index < -0.39 is 5.97 Å². The van der Waals surface area contributed by atoms with E-state index in [4.69, 9.17) is 4.74 Å². The SMILES string of the molecule is CC(=O)Oc1c(-c2ccc(F)cc2)[nH]c2ccccc12. The fourth-order valence-electron chi connectivity index (χ4n) is 2.19. The molecule has 0 saturated heterocycles. The van der Waals surface area contributed by atoms with Crippen LogP contribution in [0, 0.1) is 5.82 Å². The molecule has 0 fully saturated rings. The molecule has 0 amide bonds. The van der Waals surface area contributed by atoms with Crippen LogP contribution in [0.25, 0.3) is 22.2 Å². The molecule has 0 aliphatic rings. The number of nitrogens with one attached hydrogen (secondary N) is 1. The largest absolute Gasteiger partial charge is 0.424 e. The molecule has 0 saturated carbocycles. The van der Waals surface area contributed by atoms with Crippen molar-refractivity contribution in [3.63, 3.8) is 0 Å². The summed E-state index contributed by atoms with van der Waals surface area (Å²) in [5.41, 5.74) is 2.29. The monoisotopic (exact) mass is 269 g/mol. The number of para-hydroxylation sites is 1. The van der Waals surface area contributed by atoms with Crippen LogP contribution in [0.2, 0.25) is 0 Å². The van der Waals surface area contributed by atoms with E-state index in [0.717, 1.165) is 16.5 Å². The van der Waals surface area contributed by atoms with Crippen molar-refractivity contribution in [3.8, 4) is 17.0 Å². The second-order valence-electron chi connectivity index (χ2n) is 4.48. The van der Waals surface area contributed by atoms with Crippen LogP contribution in [0.3, 0.4) is 0 Å². The molecule has 20 heavy (non-hydrogen) atoms. The third-order valence-electron chi connectivity index (χ3n) is 3.04. The maximum absolute atomic E-state index is 13.0. The molecule has 100 valence electrons. The van der Waals surface area contributed by atoms with Crippen LogP contribution >= 0.6 is 0 Å². The Kier molecular flexibility index (Phi) is 2.99. The van der Waals surface area contributed by atoms with Crippen molar-refractivity contribution in [1.29, 1.82) is 0 Å². The van der Waals surface area contributed by atoms with E-state index in [-0.39, 0.29) is 5.82 Å². The summed E-state index contributed by atoms with van der Waals surface area (Å²) in [6.45, 7) is 1.36. The number of hydrogen-bond donors (Lipinski definition) is 1. The minimum Gasteiger partial charge on any atom is -0.424 e. The third kappa shape index (κ3) is 2.16. The minimum absolute atomic E-state index is 0.307. The number of carbonyl (C=O) groups excluding carboxylic acids is 1. The highest BCUT2D eigenvalue weighted by atomic mass is 19.1. The molecule has 3 nitrogen and oxygen atoms in total. The molecule has 4 heteroatoms. The first-order chi connectivity index (χ1) is 9.65. The van der Waals surface area contributed by atoms with E-state index in [2.05, 4.69) is 4.98 Å². The maximum atomic E-state index is 13.0. The molecule has 0 radical (unpaired) electrons. The van der Waals surface area contributed by atoms with E-state index in [9.17, 15) is 9.18 Å². The molecule has 0 atom stereocenters. The number of ether oxygens (including phenoxy) is 1. The summed E-state index contributed by atoms with van der Waals surface area (Å²) < 4.78 is 18.3. The van der Waals surface area contributed by atoms with E-state index in [1.165, 1.54) is 19.1 Å². The summed E-state index contributed by atoms with van der Waals surface area (Å²) in [5, 5.41) is 0.821. The Morgan fingerprint density at radius 2 is 1.80 bits per heavy atom. The van der Waals surface area contributed by atoms with Gasteiger partial charge in [-0.15, -0.1) is 0 Å². The second-order valence-corrected chi connectivity index (χ2v) is 4.48. The molecule has 0 unspecified atom stereocenters. The van der Waals surface area contributed by atoms with Crippen LogP contribution in [0.5, 0.6) is 5.75 Å². The fraction of sp³-hybridized carbons (Fsp3) is 0.0625. The second kappa shape index (κ2) is 4.81. The van der Waals surface area contributed by atoms with Gasteiger partial charge in [-0.3, -0.25) is 4.79 Å². The first-order valence-corrected chi connectivity index (χ1v) is 6.20. The Morgan fingerprint density at radius 1 is 1.10 bits per heavy atom. The average molecular weight is 269 g/mol. The quantitative estimate of drug-likeness (QED) is 0.717. The first-order valence-electron chi connectivity index (χ1n) is 6.20. The molecular formula is C16H12FNO2. The van der Waals surface area contributed by atoms with Crippen molar-refractivity contribution < 1.29 is 13.9 Å². The van der Waals surface area contributed by atoms with Crippen LogP contribution in [0.1, 0.15) is 6.92 Å². The maximum Gasteiger partial charge on any atom is 0.308 e. The number of halogens is 1. The highest BCUT2D eigenvalue weighted by Crippen LogP contribution is 2.37. The Balaban J connectivity index is 2.23. The molecule has 2 aromatic carbocycles. The number of aromatic amines is 1. The van der Waals surface area contributed by atoms with Crippen molar-refractivity contribution in [2.75, 3.05) is 0 Å². The minimum atomic E-state index is -0.391. The number of aromatic nitrogens is 1. The Labute approximate surface area is 115 Å². The van der Waals surface area contributed by atoms with Gasteiger partial charge in [0.15, 0.2) is 5.75 Å². The number of fused-ring (bicyclic) bond motifs is 1. The molecule has 3 aromatic rings. The number of benzene rings is 2. The van der Waals surface area contributed by atoms with Crippen molar-refractivity contribution in [2.45, 2.75) is 6.92 Å². The molecule has 0 spiro atoms. The van der Waals surface area contributed by atoms with Crippen LogP contribution in [0.4, 0.5) is 4.39 Å². The molecule has 1 heterocycles. The molecule has 1 N–H and O–H groups in total. The number of H-pyrrole nitrogens is 1. The van der Waals surface area contributed by atoms with Crippen LogP contribution < -0.4 is 4.74 Å². The van der Waals surface area contributed by atoms with Crippen molar-refractivity contribution >= 4 is 16.9 Å². The highest BCUT2D eigenvalue weighted by Gasteiger charge is 2.15. The average Bonchev–Trinajstić information content (AvgIpc) is 2.78. The zero-order valence-corrected chi connectivity index (χ0v) is 10.8. The number of rotatable bonds is 2. The zero-order chi connectivity index (χ0) is 14.1. The van der Waals surface area contributed by atoms with Crippen molar-refractivity contribution in [2.24, 2.45) is 0 Å². The summed E-state index contributed by atoms with van der Waals surface area (Å²) in [5.74, 6) is -0.225. The highest BCUT2D eigenvalue weighted by molar-refractivity contribution is 5.96. The molecular weight excluding hydrogens is 257 g/mol. The smallest absolute Gasteiger partial charge is 0.308 e. The van der Waals surface area contributed by atoms with Gasteiger partial charge in [-0.2, -0.15) is 0 Å². The molecule has 0 bridgehead atoms. The lowest BCUT2D eigenvalue weighted by molar-refractivity contribution is -0.131. The van der Waals surface area contributed by atoms with Gasteiger partial charge < -0.3 is 9.72 Å². The normalized spacial score (nSPS) is 10.7. The lowest BCUT2D eigenvalue weighted by Crippen LogP contribution is -2.01. The van der Waals surface area contributed by atoms with E-state index in [0.29, 0.717) is 11.4 Å². The van der Waals surface area contributed by atoms with Crippen LogP contribution in [-0.4, -0.2) is 11.0 Å². The summed E-state index contributed by atoms with van der Waals surface area (Å²) in [4.78, 5) is 14.5. The Hall–Kier alpha value is -2.62. The first kappa shape index (κ1) is 12.4. The topological polar surface area (TPSA) is 42.1 Å². The van der Waals surface area contributed by atoms with Crippen molar-refractivity contribution in [1.82, 2.24) is 4.98 Å². The molecule has 1 aromatic heterocycles. The van der Waals surface area contributed by atoms with E-state index in [1.54, 1.807) is 12.1 Å². The Morgan fingerprint density at radius 3 is 2.50 bits per heavy atom. The van der Waals surface area contributed by atoms with Gasteiger partial charge in [0, 0.05) is 23.4 Å². The van der Waals surface area contributed by atoms with Gasteiger partial charge in [-0.1, -0.05) is 12.1 Å². The predicted molar refractivity (Wildman–Crippen MR) is 75.0 cm³/mol. The molecule has 3 rings (SSSR count). The fourth-order valence-corrected chi connectivity index (χ4v) is 2.19. The molecule has 0 aliphatic heterocycles. The predicted octanol–water partition coefficient (Wildman–Crippen LogP) is 3.90. The Bertz CT molecular complexity index is 775. The standard InChI is InChI=1S/C16H12FNO2/c1-10(19)20-16-13-4-2-3-5-14(13)18-15(16)11-6-8-12(17)9-7-11/h2-9,18H,1H3.